The molecule has 3 aromatic rings. The third-order valence-electron chi connectivity index (χ3n) is 4.74. The number of amides is 1. The first-order valence-corrected chi connectivity index (χ1v) is 9.57. The van der Waals surface area contributed by atoms with Crippen molar-refractivity contribution in [3.05, 3.63) is 99.7 Å². The minimum atomic E-state index is -0.890. The van der Waals surface area contributed by atoms with E-state index in [1.165, 1.54) is 23.3 Å². The van der Waals surface area contributed by atoms with Crippen LogP contribution < -0.4 is 0 Å². The van der Waals surface area contributed by atoms with Gasteiger partial charge in [-0.2, -0.15) is 0 Å². The molecule has 146 valence electrons. The third kappa shape index (κ3) is 3.61. The highest BCUT2D eigenvalue weighted by Gasteiger charge is 2.47. The standard InChI is InChI=1S/C22H15BrFNO4/c23-15-7-5-14(6-8-15)20(26)18-19(17-2-1-11-29-17)25(22(28)21(18)27)12-13-3-9-16(24)10-4-13/h1-11,19,26H,12H2/b20-18-. The Bertz CT molecular complexity index is 1090. The zero-order valence-corrected chi connectivity index (χ0v) is 16.6. The van der Waals surface area contributed by atoms with Crippen molar-refractivity contribution in [3.8, 4) is 0 Å². The van der Waals surface area contributed by atoms with Gasteiger partial charge in [0, 0.05) is 16.6 Å². The Morgan fingerprint density at radius 3 is 2.38 bits per heavy atom. The smallest absolute Gasteiger partial charge is 0.296 e. The Balaban J connectivity index is 1.81. The Hall–Kier alpha value is -3.19. The number of furan rings is 1. The molecule has 4 rings (SSSR count). The summed E-state index contributed by atoms with van der Waals surface area (Å²) in [5.41, 5.74) is 1.01. The molecule has 1 saturated heterocycles. The van der Waals surface area contributed by atoms with E-state index in [1.807, 2.05) is 0 Å². The van der Waals surface area contributed by atoms with Crippen LogP contribution in [0.3, 0.4) is 0 Å². The summed E-state index contributed by atoms with van der Waals surface area (Å²) < 4.78 is 19.5. The van der Waals surface area contributed by atoms with Crippen LogP contribution in [0.5, 0.6) is 0 Å². The summed E-state index contributed by atoms with van der Waals surface area (Å²) in [6.45, 7) is 0.0628. The molecular weight excluding hydrogens is 441 g/mol. The first-order valence-electron chi connectivity index (χ1n) is 8.78. The number of nitrogens with zero attached hydrogens (tertiary/aromatic N) is 1. The lowest BCUT2D eigenvalue weighted by molar-refractivity contribution is -0.140. The quantitative estimate of drug-likeness (QED) is 0.348. The lowest BCUT2D eigenvalue weighted by atomic mass is 9.99. The molecular formula is C22H15BrFNO4. The van der Waals surface area contributed by atoms with Crippen LogP contribution in [0.15, 0.2) is 81.4 Å². The van der Waals surface area contributed by atoms with Crippen LogP contribution >= 0.6 is 15.9 Å². The summed E-state index contributed by atoms with van der Waals surface area (Å²) in [5.74, 6) is -1.87. The lowest BCUT2D eigenvalue weighted by Crippen LogP contribution is -2.29. The largest absolute Gasteiger partial charge is 0.507 e. The van der Waals surface area contributed by atoms with E-state index >= 15 is 0 Å². The van der Waals surface area contributed by atoms with Gasteiger partial charge in [-0.3, -0.25) is 9.59 Å². The Labute approximate surface area is 174 Å². The number of hydrogen-bond acceptors (Lipinski definition) is 4. The van der Waals surface area contributed by atoms with Crippen molar-refractivity contribution in [3.63, 3.8) is 0 Å². The minimum absolute atomic E-state index is 0.0469. The van der Waals surface area contributed by atoms with Crippen molar-refractivity contribution in [1.29, 1.82) is 0 Å². The highest BCUT2D eigenvalue weighted by atomic mass is 79.9. The van der Waals surface area contributed by atoms with Gasteiger partial charge in [-0.05, 0) is 42.0 Å². The van der Waals surface area contributed by atoms with Gasteiger partial charge in [0.1, 0.15) is 23.4 Å². The molecule has 2 aromatic carbocycles. The number of carbonyl (C=O) groups is 2. The van der Waals surface area contributed by atoms with E-state index in [-0.39, 0.29) is 17.9 Å². The summed E-state index contributed by atoms with van der Waals surface area (Å²) in [4.78, 5) is 26.9. The number of aliphatic hydroxyl groups excluding tert-OH is 1. The van der Waals surface area contributed by atoms with Gasteiger partial charge in [0.25, 0.3) is 11.7 Å². The predicted molar refractivity (Wildman–Crippen MR) is 107 cm³/mol. The van der Waals surface area contributed by atoms with E-state index in [1.54, 1.807) is 48.5 Å². The number of carbonyl (C=O) groups excluding carboxylic acids is 2. The summed E-state index contributed by atoms with van der Waals surface area (Å²) in [6, 6.07) is 14.8. The summed E-state index contributed by atoms with van der Waals surface area (Å²) in [6.07, 6.45) is 1.44. The van der Waals surface area contributed by atoms with Crippen molar-refractivity contribution >= 4 is 33.4 Å². The van der Waals surface area contributed by atoms with Crippen LogP contribution in [0.4, 0.5) is 4.39 Å². The van der Waals surface area contributed by atoms with Crippen LogP contribution in [0.2, 0.25) is 0 Å². The zero-order chi connectivity index (χ0) is 20.5. The zero-order valence-electron chi connectivity index (χ0n) is 15.0. The number of halogens is 2. The van der Waals surface area contributed by atoms with E-state index < -0.39 is 23.5 Å². The number of likely N-dealkylation sites (tertiary alicyclic amines) is 1. The van der Waals surface area contributed by atoms with Crippen LogP contribution in [0.1, 0.15) is 22.9 Å². The average molecular weight is 456 g/mol. The molecule has 1 fully saturated rings. The van der Waals surface area contributed by atoms with E-state index in [9.17, 15) is 19.1 Å². The van der Waals surface area contributed by atoms with Crippen molar-refractivity contribution in [2.24, 2.45) is 0 Å². The number of hydrogen-bond donors (Lipinski definition) is 1. The molecule has 0 radical (unpaired) electrons. The fourth-order valence-corrected chi connectivity index (χ4v) is 3.60. The second-order valence-electron chi connectivity index (χ2n) is 6.58. The van der Waals surface area contributed by atoms with Crippen LogP contribution in [-0.4, -0.2) is 21.7 Å². The van der Waals surface area contributed by atoms with Crippen molar-refractivity contribution in [2.75, 3.05) is 0 Å². The van der Waals surface area contributed by atoms with Crippen LogP contribution in [-0.2, 0) is 16.1 Å². The molecule has 1 aliphatic rings. The van der Waals surface area contributed by atoms with Gasteiger partial charge < -0.3 is 14.4 Å². The Morgan fingerprint density at radius 2 is 1.76 bits per heavy atom. The van der Waals surface area contributed by atoms with Gasteiger partial charge in [0.05, 0.1) is 11.8 Å². The molecule has 0 bridgehead atoms. The SMILES string of the molecule is O=C1C(=O)N(Cc2ccc(F)cc2)C(c2ccco2)/C1=C(/O)c1ccc(Br)cc1. The highest BCUT2D eigenvalue weighted by molar-refractivity contribution is 9.10. The lowest BCUT2D eigenvalue weighted by Gasteiger charge is -2.23. The molecule has 1 aromatic heterocycles. The first-order chi connectivity index (χ1) is 14.0. The molecule has 1 amide bonds. The summed E-state index contributed by atoms with van der Waals surface area (Å²) in [5, 5.41) is 10.9. The Kier molecular flexibility index (Phi) is 5.07. The Morgan fingerprint density at radius 1 is 1.07 bits per heavy atom. The predicted octanol–water partition coefficient (Wildman–Crippen LogP) is 4.80. The molecule has 0 aliphatic carbocycles. The molecule has 0 spiro atoms. The van der Waals surface area contributed by atoms with Crippen molar-refractivity contribution in [1.82, 2.24) is 4.90 Å². The minimum Gasteiger partial charge on any atom is -0.507 e. The molecule has 7 heteroatoms. The van der Waals surface area contributed by atoms with Crippen LogP contribution in [0, 0.1) is 5.82 Å². The molecule has 1 atom stereocenters. The second kappa shape index (κ2) is 7.67. The van der Waals surface area contributed by atoms with Gasteiger partial charge in [-0.1, -0.05) is 40.2 Å². The molecule has 2 heterocycles. The number of Topliss-reactive ketones (excluding diaryl/α,β-unsaturated/α-hetero) is 1. The molecule has 29 heavy (non-hydrogen) atoms. The van der Waals surface area contributed by atoms with Gasteiger partial charge in [0.2, 0.25) is 0 Å². The van der Waals surface area contributed by atoms with Gasteiger partial charge in [-0.25, -0.2) is 4.39 Å². The van der Waals surface area contributed by atoms with Crippen molar-refractivity contribution in [2.45, 2.75) is 12.6 Å². The fourth-order valence-electron chi connectivity index (χ4n) is 3.34. The van der Waals surface area contributed by atoms with Gasteiger partial charge in [-0.15, -0.1) is 0 Å². The van der Waals surface area contributed by atoms with E-state index in [0.29, 0.717) is 16.9 Å². The third-order valence-corrected chi connectivity index (χ3v) is 5.27. The normalized spacial score (nSPS) is 18.4. The van der Waals surface area contributed by atoms with Crippen LogP contribution in [0.25, 0.3) is 5.76 Å². The van der Waals surface area contributed by atoms with Gasteiger partial charge in [0.15, 0.2) is 0 Å². The second-order valence-corrected chi connectivity index (χ2v) is 7.49. The first kappa shape index (κ1) is 19.1. The van der Waals surface area contributed by atoms with Gasteiger partial charge >= 0.3 is 0 Å². The molecule has 1 N–H and O–H groups in total. The summed E-state index contributed by atoms with van der Waals surface area (Å²) in [7, 11) is 0. The number of benzene rings is 2. The topological polar surface area (TPSA) is 70.8 Å². The number of ketones is 1. The maximum Gasteiger partial charge on any atom is 0.296 e. The van der Waals surface area contributed by atoms with E-state index in [0.717, 1.165) is 4.47 Å². The molecule has 0 saturated carbocycles. The molecule has 5 nitrogen and oxygen atoms in total. The van der Waals surface area contributed by atoms with E-state index in [2.05, 4.69) is 15.9 Å². The monoisotopic (exact) mass is 455 g/mol. The molecule has 1 aliphatic heterocycles. The maximum absolute atomic E-state index is 13.2. The van der Waals surface area contributed by atoms with Crippen molar-refractivity contribution < 1.29 is 23.5 Å². The summed E-state index contributed by atoms with van der Waals surface area (Å²) >= 11 is 3.33. The van der Waals surface area contributed by atoms with E-state index in [4.69, 9.17) is 4.42 Å². The maximum atomic E-state index is 13.2. The molecule has 1 unspecified atom stereocenters. The average Bonchev–Trinajstić information content (AvgIpc) is 3.32. The fraction of sp³-hybridized carbons (Fsp3) is 0.0909. The number of rotatable bonds is 4. The number of aliphatic hydroxyl groups is 1. The highest BCUT2D eigenvalue weighted by Crippen LogP contribution is 2.40.